The van der Waals surface area contributed by atoms with Gasteiger partial charge in [-0.25, -0.2) is 0 Å². The number of aryl methyl sites for hydroxylation is 1. The van der Waals surface area contributed by atoms with E-state index < -0.39 is 0 Å². The SMILES string of the molecule is CNCc1cnn(C)c1CC(C)C. The lowest BCUT2D eigenvalue weighted by Gasteiger charge is -2.08. The van der Waals surface area contributed by atoms with Gasteiger partial charge in [0.1, 0.15) is 0 Å². The minimum absolute atomic E-state index is 0.686. The lowest BCUT2D eigenvalue weighted by Crippen LogP contribution is -2.10. The minimum atomic E-state index is 0.686. The first-order valence-electron chi connectivity index (χ1n) is 4.79. The molecule has 3 nitrogen and oxygen atoms in total. The molecule has 0 radical (unpaired) electrons. The lowest BCUT2D eigenvalue weighted by molar-refractivity contribution is 0.589. The van der Waals surface area contributed by atoms with Gasteiger partial charge in [-0.05, 0) is 19.4 Å². The average Bonchev–Trinajstić information content (AvgIpc) is 2.36. The second-order valence-corrected chi connectivity index (χ2v) is 3.87. The van der Waals surface area contributed by atoms with E-state index in [0.717, 1.165) is 13.0 Å². The zero-order valence-corrected chi connectivity index (χ0v) is 8.96. The van der Waals surface area contributed by atoms with Crippen LogP contribution in [0.5, 0.6) is 0 Å². The molecule has 0 saturated heterocycles. The highest BCUT2D eigenvalue weighted by Crippen LogP contribution is 2.12. The summed E-state index contributed by atoms with van der Waals surface area (Å²) in [5.74, 6) is 0.686. The number of hydrogen-bond donors (Lipinski definition) is 1. The molecule has 0 unspecified atom stereocenters. The van der Waals surface area contributed by atoms with Gasteiger partial charge in [0.05, 0.1) is 6.20 Å². The van der Waals surface area contributed by atoms with Crippen molar-refractivity contribution in [2.75, 3.05) is 7.05 Å². The Bertz CT molecular complexity index is 263. The van der Waals surface area contributed by atoms with Crippen molar-refractivity contribution in [3.63, 3.8) is 0 Å². The Morgan fingerprint density at radius 2 is 2.23 bits per heavy atom. The largest absolute Gasteiger partial charge is 0.316 e. The van der Waals surface area contributed by atoms with Gasteiger partial charge in [-0.2, -0.15) is 5.10 Å². The number of aromatic nitrogens is 2. The van der Waals surface area contributed by atoms with Crippen LogP contribution in [0.2, 0.25) is 0 Å². The van der Waals surface area contributed by atoms with Crippen LogP contribution < -0.4 is 5.32 Å². The summed E-state index contributed by atoms with van der Waals surface area (Å²) in [7, 11) is 3.98. The van der Waals surface area contributed by atoms with E-state index >= 15 is 0 Å². The zero-order chi connectivity index (χ0) is 9.84. The van der Waals surface area contributed by atoms with Gasteiger partial charge in [-0.15, -0.1) is 0 Å². The van der Waals surface area contributed by atoms with Crippen molar-refractivity contribution >= 4 is 0 Å². The van der Waals surface area contributed by atoms with E-state index in [-0.39, 0.29) is 0 Å². The van der Waals surface area contributed by atoms with E-state index in [1.807, 2.05) is 25.0 Å². The fourth-order valence-corrected chi connectivity index (χ4v) is 1.50. The number of nitrogens with zero attached hydrogens (tertiary/aromatic N) is 2. The maximum absolute atomic E-state index is 4.26. The first-order chi connectivity index (χ1) is 6.15. The van der Waals surface area contributed by atoms with Gasteiger partial charge < -0.3 is 5.32 Å². The monoisotopic (exact) mass is 181 g/mol. The highest BCUT2D eigenvalue weighted by Gasteiger charge is 2.08. The maximum Gasteiger partial charge on any atom is 0.0537 e. The van der Waals surface area contributed by atoms with Crippen LogP contribution in [0.3, 0.4) is 0 Å². The van der Waals surface area contributed by atoms with Crippen molar-refractivity contribution in [3.05, 3.63) is 17.5 Å². The molecule has 74 valence electrons. The molecular weight excluding hydrogens is 162 g/mol. The average molecular weight is 181 g/mol. The third-order valence-corrected chi connectivity index (χ3v) is 2.12. The summed E-state index contributed by atoms with van der Waals surface area (Å²) in [5, 5.41) is 7.42. The third kappa shape index (κ3) is 2.56. The van der Waals surface area contributed by atoms with Crippen LogP contribution >= 0.6 is 0 Å². The van der Waals surface area contributed by atoms with E-state index in [4.69, 9.17) is 0 Å². The van der Waals surface area contributed by atoms with Gasteiger partial charge >= 0.3 is 0 Å². The molecule has 0 aromatic carbocycles. The molecular formula is C10H19N3. The van der Waals surface area contributed by atoms with Crippen LogP contribution in [-0.2, 0) is 20.0 Å². The first kappa shape index (κ1) is 10.3. The van der Waals surface area contributed by atoms with Crippen molar-refractivity contribution in [1.82, 2.24) is 15.1 Å². The second kappa shape index (κ2) is 4.42. The Morgan fingerprint density at radius 1 is 1.54 bits per heavy atom. The summed E-state index contributed by atoms with van der Waals surface area (Å²) in [5.41, 5.74) is 2.67. The molecule has 13 heavy (non-hydrogen) atoms. The number of rotatable bonds is 4. The highest BCUT2D eigenvalue weighted by molar-refractivity contribution is 5.17. The van der Waals surface area contributed by atoms with Crippen LogP contribution in [0.25, 0.3) is 0 Å². The van der Waals surface area contributed by atoms with Crippen molar-refractivity contribution in [2.24, 2.45) is 13.0 Å². The zero-order valence-electron chi connectivity index (χ0n) is 8.96. The molecule has 1 N–H and O–H groups in total. The molecule has 1 heterocycles. The molecule has 1 aromatic rings. The maximum atomic E-state index is 4.26. The van der Waals surface area contributed by atoms with E-state index in [0.29, 0.717) is 5.92 Å². The molecule has 0 aliphatic rings. The van der Waals surface area contributed by atoms with Gasteiger partial charge in [0.25, 0.3) is 0 Å². The van der Waals surface area contributed by atoms with Gasteiger partial charge in [0.2, 0.25) is 0 Å². The van der Waals surface area contributed by atoms with E-state index in [1.165, 1.54) is 11.3 Å². The highest BCUT2D eigenvalue weighted by atomic mass is 15.3. The van der Waals surface area contributed by atoms with Crippen molar-refractivity contribution in [3.8, 4) is 0 Å². The predicted molar refractivity (Wildman–Crippen MR) is 54.5 cm³/mol. The first-order valence-corrected chi connectivity index (χ1v) is 4.79. The molecule has 0 aliphatic carbocycles. The molecule has 0 spiro atoms. The van der Waals surface area contributed by atoms with Crippen LogP contribution in [0.1, 0.15) is 25.1 Å². The molecule has 3 heteroatoms. The fraction of sp³-hybridized carbons (Fsp3) is 0.700. The molecule has 1 aromatic heterocycles. The topological polar surface area (TPSA) is 29.9 Å². The Balaban J connectivity index is 2.81. The lowest BCUT2D eigenvalue weighted by atomic mass is 10.1. The van der Waals surface area contributed by atoms with Crippen LogP contribution in [-0.4, -0.2) is 16.8 Å². The summed E-state index contributed by atoms with van der Waals surface area (Å²) >= 11 is 0. The van der Waals surface area contributed by atoms with Crippen LogP contribution in [0.4, 0.5) is 0 Å². The Hall–Kier alpha value is -0.830. The third-order valence-electron chi connectivity index (χ3n) is 2.12. The quantitative estimate of drug-likeness (QED) is 0.759. The van der Waals surface area contributed by atoms with Gasteiger partial charge in [-0.3, -0.25) is 4.68 Å². The smallest absolute Gasteiger partial charge is 0.0537 e. The Labute approximate surface area is 80.1 Å². The van der Waals surface area contributed by atoms with E-state index in [9.17, 15) is 0 Å². The summed E-state index contributed by atoms with van der Waals surface area (Å²) in [4.78, 5) is 0. The summed E-state index contributed by atoms with van der Waals surface area (Å²) in [6.45, 7) is 5.38. The summed E-state index contributed by atoms with van der Waals surface area (Å²) in [6.07, 6.45) is 3.06. The Morgan fingerprint density at radius 3 is 2.77 bits per heavy atom. The van der Waals surface area contributed by atoms with E-state index in [2.05, 4.69) is 24.3 Å². The van der Waals surface area contributed by atoms with Crippen molar-refractivity contribution in [2.45, 2.75) is 26.8 Å². The molecule has 0 atom stereocenters. The Kier molecular flexibility index (Phi) is 3.48. The molecule has 0 aliphatic heterocycles. The van der Waals surface area contributed by atoms with Crippen LogP contribution in [0.15, 0.2) is 6.20 Å². The van der Waals surface area contributed by atoms with Crippen molar-refractivity contribution < 1.29 is 0 Å². The van der Waals surface area contributed by atoms with Crippen LogP contribution in [0, 0.1) is 5.92 Å². The molecule has 0 fully saturated rings. The molecule has 0 saturated carbocycles. The van der Waals surface area contributed by atoms with Gasteiger partial charge in [0.15, 0.2) is 0 Å². The molecule has 0 bridgehead atoms. The van der Waals surface area contributed by atoms with Gasteiger partial charge in [-0.1, -0.05) is 13.8 Å². The number of nitrogens with one attached hydrogen (secondary N) is 1. The fourth-order valence-electron chi connectivity index (χ4n) is 1.50. The normalized spacial score (nSPS) is 11.2. The molecule has 0 amide bonds. The van der Waals surface area contributed by atoms with Gasteiger partial charge in [0, 0.05) is 24.8 Å². The minimum Gasteiger partial charge on any atom is -0.316 e. The standard InChI is InChI=1S/C10H19N3/c1-8(2)5-10-9(6-11-3)7-12-13(10)4/h7-8,11H,5-6H2,1-4H3. The molecule has 1 rings (SSSR count). The second-order valence-electron chi connectivity index (χ2n) is 3.87. The predicted octanol–water partition coefficient (Wildman–Crippen LogP) is 1.34. The summed E-state index contributed by atoms with van der Waals surface area (Å²) in [6, 6.07) is 0. The summed E-state index contributed by atoms with van der Waals surface area (Å²) < 4.78 is 1.98. The van der Waals surface area contributed by atoms with E-state index in [1.54, 1.807) is 0 Å². The number of hydrogen-bond acceptors (Lipinski definition) is 2. The van der Waals surface area contributed by atoms with Crippen molar-refractivity contribution in [1.29, 1.82) is 0 Å².